The zero-order valence-corrected chi connectivity index (χ0v) is 12.5. The molecule has 0 saturated carbocycles. The lowest BCUT2D eigenvalue weighted by atomic mass is 10.0. The van der Waals surface area contributed by atoms with Gasteiger partial charge in [-0.05, 0) is 24.1 Å². The maximum Gasteiger partial charge on any atom is 0.326 e. The van der Waals surface area contributed by atoms with Gasteiger partial charge in [0.2, 0.25) is 0 Å². The molecule has 0 aliphatic carbocycles. The minimum absolute atomic E-state index is 0.206. The van der Waals surface area contributed by atoms with Crippen LogP contribution >= 0.6 is 15.9 Å². The molecule has 1 rings (SSSR count). The molecule has 1 aromatic rings. The molecule has 0 unspecified atom stereocenters. The summed E-state index contributed by atoms with van der Waals surface area (Å²) in [6, 6.07) is 4.00. The Hall–Kier alpha value is -1.56. The lowest BCUT2D eigenvalue weighted by molar-refractivity contribution is -0.140. The molecule has 6 heteroatoms. The molecule has 1 amide bonds. The van der Waals surface area contributed by atoms with Crippen molar-refractivity contribution in [1.82, 2.24) is 5.32 Å². The van der Waals surface area contributed by atoms with E-state index in [1.165, 1.54) is 7.11 Å². The molecule has 104 valence electrons. The Morgan fingerprint density at radius 3 is 2.47 bits per heavy atom. The summed E-state index contributed by atoms with van der Waals surface area (Å²) in [4.78, 5) is 23.1. The van der Waals surface area contributed by atoms with Crippen molar-refractivity contribution in [3.8, 4) is 5.75 Å². The fourth-order valence-electron chi connectivity index (χ4n) is 1.59. The Balaban J connectivity index is 2.97. The molecule has 0 fully saturated rings. The Morgan fingerprint density at radius 2 is 2.00 bits per heavy atom. The number of rotatable bonds is 5. The van der Waals surface area contributed by atoms with Crippen molar-refractivity contribution in [1.29, 1.82) is 0 Å². The Kier molecular flexibility index (Phi) is 5.35. The molecule has 0 aliphatic rings. The molecule has 19 heavy (non-hydrogen) atoms. The van der Waals surface area contributed by atoms with Gasteiger partial charge in [0.1, 0.15) is 11.8 Å². The van der Waals surface area contributed by atoms with E-state index >= 15 is 0 Å². The molecule has 0 heterocycles. The van der Waals surface area contributed by atoms with Crippen LogP contribution in [-0.2, 0) is 4.79 Å². The number of carboxylic acids is 1. The first-order valence-corrected chi connectivity index (χ1v) is 6.53. The SMILES string of the molecule is COc1cc(Br)ccc1C(=O)N[C@@H](C(=O)O)C(C)C. The summed E-state index contributed by atoms with van der Waals surface area (Å²) in [6.45, 7) is 3.47. The molecule has 5 nitrogen and oxygen atoms in total. The molecule has 0 radical (unpaired) electrons. The third-order valence-corrected chi connectivity index (χ3v) is 3.12. The van der Waals surface area contributed by atoms with E-state index in [9.17, 15) is 9.59 Å². The van der Waals surface area contributed by atoms with Crippen molar-refractivity contribution in [2.75, 3.05) is 7.11 Å². The number of carboxylic acid groups (broad SMARTS) is 1. The lowest BCUT2D eigenvalue weighted by Crippen LogP contribution is -2.44. The first-order valence-electron chi connectivity index (χ1n) is 5.74. The number of hydrogen-bond acceptors (Lipinski definition) is 3. The predicted molar refractivity (Wildman–Crippen MR) is 74.4 cm³/mol. The van der Waals surface area contributed by atoms with Crippen LogP contribution in [0.25, 0.3) is 0 Å². The van der Waals surface area contributed by atoms with Crippen LogP contribution in [-0.4, -0.2) is 30.1 Å². The average molecular weight is 330 g/mol. The smallest absolute Gasteiger partial charge is 0.326 e. The van der Waals surface area contributed by atoms with Crippen LogP contribution in [0.15, 0.2) is 22.7 Å². The molecule has 1 atom stereocenters. The average Bonchev–Trinajstić information content (AvgIpc) is 2.34. The number of hydrogen-bond donors (Lipinski definition) is 2. The van der Waals surface area contributed by atoms with Crippen LogP contribution in [0.2, 0.25) is 0 Å². The molecule has 0 aliphatic heterocycles. The summed E-state index contributed by atoms with van der Waals surface area (Å²) in [5.41, 5.74) is 0.303. The lowest BCUT2D eigenvalue weighted by Gasteiger charge is -2.18. The highest BCUT2D eigenvalue weighted by Crippen LogP contribution is 2.23. The van der Waals surface area contributed by atoms with Gasteiger partial charge >= 0.3 is 5.97 Å². The van der Waals surface area contributed by atoms with Crippen molar-refractivity contribution in [2.24, 2.45) is 5.92 Å². The summed E-state index contributed by atoms with van der Waals surface area (Å²) in [5, 5.41) is 11.5. The van der Waals surface area contributed by atoms with Crippen molar-refractivity contribution >= 4 is 27.8 Å². The van der Waals surface area contributed by atoms with Crippen molar-refractivity contribution < 1.29 is 19.4 Å². The fraction of sp³-hybridized carbons (Fsp3) is 0.385. The third-order valence-electron chi connectivity index (χ3n) is 2.63. The second-order valence-electron chi connectivity index (χ2n) is 4.38. The van der Waals surface area contributed by atoms with Crippen LogP contribution in [0, 0.1) is 5.92 Å². The third kappa shape index (κ3) is 3.96. The van der Waals surface area contributed by atoms with E-state index in [-0.39, 0.29) is 5.92 Å². The van der Waals surface area contributed by atoms with Gasteiger partial charge in [-0.25, -0.2) is 4.79 Å². The fourth-order valence-corrected chi connectivity index (χ4v) is 1.93. The van der Waals surface area contributed by atoms with Gasteiger partial charge in [-0.1, -0.05) is 29.8 Å². The topological polar surface area (TPSA) is 75.6 Å². The first-order chi connectivity index (χ1) is 8.86. The molecule has 1 aromatic carbocycles. The summed E-state index contributed by atoms with van der Waals surface area (Å²) < 4.78 is 5.89. The van der Waals surface area contributed by atoms with Crippen molar-refractivity contribution in [3.05, 3.63) is 28.2 Å². The number of carbonyl (C=O) groups is 2. The molecule has 0 bridgehead atoms. The van der Waals surface area contributed by atoms with Gasteiger partial charge in [0.15, 0.2) is 0 Å². The van der Waals surface area contributed by atoms with Gasteiger partial charge in [0.25, 0.3) is 5.91 Å². The van der Waals surface area contributed by atoms with Gasteiger partial charge in [-0.2, -0.15) is 0 Å². The number of ether oxygens (including phenoxy) is 1. The molecule has 0 spiro atoms. The summed E-state index contributed by atoms with van der Waals surface area (Å²) >= 11 is 3.28. The highest BCUT2D eigenvalue weighted by atomic mass is 79.9. The van der Waals surface area contributed by atoms with E-state index in [0.29, 0.717) is 11.3 Å². The van der Waals surface area contributed by atoms with Crippen molar-refractivity contribution in [2.45, 2.75) is 19.9 Å². The van der Waals surface area contributed by atoms with Gasteiger partial charge < -0.3 is 15.2 Å². The molecule has 2 N–H and O–H groups in total. The predicted octanol–water partition coefficient (Wildman–Crippen LogP) is 2.30. The number of amides is 1. The standard InChI is InChI=1S/C13H16BrNO4/c1-7(2)11(13(17)18)15-12(16)9-5-4-8(14)6-10(9)19-3/h4-7,11H,1-3H3,(H,15,16)(H,17,18)/t11-/m1/s1. The van der Waals surface area contributed by atoms with Crippen LogP contribution in [0.5, 0.6) is 5.75 Å². The molecule has 0 saturated heterocycles. The van der Waals surface area contributed by atoms with Gasteiger partial charge in [0.05, 0.1) is 12.7 Å². The van der Waals surface area contributed by atoms with Crippen LogP contribution in [0.3, 0.4) is 0 Å². The second kappa shape index (κ2) is 6.56. The summed E-state index contributed by atoms with van der Waals surface area (Å²) in [5.74, 6) is -1.34. The van der Waals surface area contributed by atoms with E-state index in [1.54, 1.807) is 32.0 Å². The summed E-state index contributed by atoms with van der Waals surface area (Å²) in [6.07, 6.45) is 0. The first kappa shape index (κ1) is 15.5. The maximum atomic E-state index is 12.1. The Morgan fingerprint density at radius 1 is 1.37 bits per heavy atom. The van der Waals surface area contributed by atoms with Crippen LogP contribution in [0.4, 0.5) is 0 Å². The van der Waals surface area contributed by atoms with Crippen LogP contribution in [0.1, 0.15) is 24.2 Å². The minimum Gasteiger partial charge on any atom is -0.496 e. The second-order valence-corrected chi connectivity index (χ2v) is 5.29. The molecular formula is C13H16BrNO4. The molecular weight excluding hydrogens is 314 g/mol. The highest BCUT2D eigenvalue weighted by molar-refractivity contribution is 9.10. The number of halogens is 1. The van der Waals surface area contributed by atoms with Gasteiger partial charge in [-0.15, -0.1) is 0 Å². The normalized spacial score (nSPS) is 12.1. The number of carbonyl (C=O) groups excluding carboxylic acids is 1. The Bertz CT molecular complexity index is 488. The maximum absolute atomic E-state index is 12.1. The zero-order valence-electron chi connectivity index (χ0n) is 10.9. The van der Waals surface area contributed by atoms with Gasteiger partial charge in [-0.3, -0.25) is 4.79 Å². The summed E-state index contributed by atoms with van der Waals surface area (Å²) in [7, 11) is 1.45. The number of benzene rings is 1. The largest absolute Gasteiger partial charge is 0.496 e. The van der Waals surface area contributed by atoms with E-state index in [1.807, 2.05) is 0 Å². The molecule has 0 aromatic heterocycles. The minimum atomic E-state index is -1.06. The number of methoxy groups -OCH3 is 1. The van der Waals surface area contributed by atoms with Crippen molar-refractivity contribution in [3.63, 3.8) is 0 Å². The monoisotopic (exact) mass is 329 g/mol. The number of nitrogens with one attached hydrogen (secondary N) is 1. The Labute approximate surface area is 120 Å². The van der Waals surface area contributed by atoms with E-state index in [0.717, 1.165) is 4.47 Å². The van der Waals surface area contributed by atoms with Gasteiger partial charge in [0, 0.05) is 4.47 Å². The van der Waals surface area contributed by atoms with E-state index in [4.69, 9.17) is 9.84 Å². The number of aliphatic carboxylic acids is 1. The zero-order chi connectivity index (χ0) is 14.6. The van der Waals surface area contributed by atoms with Crippen LogP contribution < -0.4 is 10.1 Å². The van der Waals surface area contributed by atoms with E-state index < -0.39 is 17.9 Å². The quantitative estimate of drug-likeness (QED) is 0.869. The van der Waals surface area contributed by atoms with E-state index in [2.05, 4.69) is 21.2 Å². The highest BCUT2D eigenvalue weighted by Gasteiger charge is 2.25.